The highest BCUT2D eigenvalue weighted by Gasteiger charge is 2.25. The molecule has 3 aromatic heterocycles. The summed E-state index contributed by atoms with van der Waals surface area (Å²) >= 11 is 0. The molecule has 0 aromatic carbocycles. The van der Waals surface area contributed by atoms with Gasteiger partial charge in [-0.05, 0) is 46.1 Å². The van der Waals surface area contributed by atoms with E-state index < -0.39 is 0 Å². The summed E-state index contributed by atoms with van der Waals surface area (Å²) in [4.78, 5) is 26.5. The summed E-state index contributed by atoms with van der Waals surface area (Å²) in [6.07, 6.45) is 4.69. The van der Waals surface area contributed by atoms with Crippen LogP contribution >= 0.6 is 0 Å². The normalized spacial score (nSPS) is 16.5. The molecule has 134 valence electrons. The summed E-state index contributed by atoms with van der Waals surface area (Å²) in [5.74, 6) is 0.670. The van der Waals surface area contributed by atoms with E-state index in [1.54, 1.807) is 4.68 Å². The van der Waals surface area contributed by atoms with Gasteiger partial charge in [-0.1, -0.05) is 0 Å². The molecule has 0 unspecified atom stereocenters. The molecule has 0 radical (unpaired) electrons. The molecule has 1 aliphatic rings. The molecule has 0 aliphatic heterocycles. The molecule has 4 rings (SSSR count). The van der Waals surface area contributed by atoms with Gasteiger partial charge in [-0.15, -0.1) is 0 Å². The first-order valence-electron chi connectivity index (χ1n) is 8.88. The SMILES string of the molecule is Cc1cc(C(=O)N[C@@H]2CCCc3nc(C)ncc32)c2c(C)nn(C)c2n1. The maximum atomic E-state index is 13.1. The third-order valence-corrected chi connectivity index (χ3v) is 4.95. The van der Waals surface area contributed by atoms with Crippen LogP contribution in [0.4, 0.5) is 0 Å². The highest BCUT2D eigenvalue weighted by Crippen LogP contribution is 2.29. The third-order valence-electron chi connectivity index (χ3n) is 4.95. The van der Waals surface area contributed by atoms with E-state index in [-0.39, 0.29) is 11.9 Å². The van der Waals surface area contributed by atoms with Crippen LogP contribution in [0.25, 0.3) is 11.0 Å². The Bertz CT molecular complexity index is 1020. The van der Waals surface area contributed by atoms with E-state index in [1.165, 1.54) is 0 Å². The van der Waals surface area contributed by atoms with E-state index in [0.29, 0.717) is 5.56 Å². The molecule has 1 aliphatic carbocycles. The number of hydrogen-bond donors (Lipinski definition) is 1. The van der Waals surface area contributed by atoms with Gasteiger partial charge in [-0.2, -0.15) is 5.10 Å². The minimum absolute atomic E-state index is 0.0626. The lowest BCUT2D eigenvalue weighted by atomic mass is 9.92. The molecule has 0 spiro atoms. The Hall–Kier alpha value is -2.83. The predicted molar refractivity (Wildman–Crippen MR) is 97.9 cm³/mol. The molecule has 1 atom stereocenters. The van der Waals surface area contributed by atoms with Crippen LogP contribution in [-0.2, 0) is 13.5 Å². The number of nitrogens with zero attached hydrogens (tertiary/aromatic N) is 5. The summed E-state index contributed by atoms with van der Waals surface area (Å²) in [7, 11) is 1.85. The van der Waals surface area contributed by atoms with E-state index >= 15 is 0 Å². The zero-order chi connectivity index (χ0) is 18.4. The van der Waals surface area contributed by atoms with E-state index in [2.05, 4.69) is 25.4 Å². The molecule has 3 aromatic rings. The van der Waals surface area contributed by atoms with Crippen LogP contribution in [0.2, 0.25) is 0 Å². The van der Waals surface area contributed by atoms with E-state index in [1.807, 2.05) is 40.1 Å². The van der Waals surface area contributed by atoms with Crippen molar-refractivity contribution < 1.29 is 4.79 Å². The van der Waals surface area contributed by atoms with Gasteiger partial charge in [0.05, 0.1) is 22.7 Å². The standard InChI is InChI=1S/C19H22N6O/c1-10-8-13(17-11(2)24-25(4)18(17)21-10)19(26)23-16-7-5-6-15-14(16)9-20-12(3)22-15/h8-9,16H,5-7H2,1-4H3,(H,23,26)/t16-/m1/s1. The molecule has 1 amide bonds. The number of amides is 1. The molecule has 26 heavy (non-hydrogen) atoms. The Morgan fingerprint density at radius 2 is 2.08 bits per heavy atom. The van der Waals surface area contributed by atoms with Gasteiger partial charge in [0.1, 0.15) is 5.82 Å². The van der Waals surface area contributed by atoms with Crippen molar-refractivity contribution in [2.45, 2.75) is 46.1 Å². The number of aromatic nitrogens is 5. The Morgan fingerprint density at radius 3 is 2.88 bits per heavy atom. The largest absolute Gasteiger partial charge is 0.345 e. The van der Waals surface area contributed by atoms with Crippen molar-refractivity contribution in [3.8, 4) is 0 Å². The second-order valence-corrected chi connectivity index (χ2v) is 6.96. The highest BCUT2D eigenvalue weighted by atomic mass is 16.1. The van der Waals surface area contributed by atoms with Crippen molar-refractivity contribution >= 4 is 16.9 Å². The van der Waals surface area contributed by atoms with E-state index in [4.69, 9.17) is 0 Å². The smallest absolute Gasteiger partial charge is 0.252 e. The molecule has 0 fully saturated rings. The lowest BCUT2D eigenvalue weighted by Crippen LogP contribution is -2.32. The fourth-order valence-corrected chi connectivity index (χ4v) is 3.78. The van der Waals surface area contributed by atoms with E-state index in [9.17, 15) is 4.79 Å². The lowest BCUT2D eigenvalue weighted by molar-refractivity contribution is 0.0934. The van der Waals surface area contributed by atoms with Crippen molar-refractivity contribution in [2.75, 3.05) is 0 Å². The molecule has 7 nitrogen and oxygen atoms in total. The maximum Gasteiger partial charge on any atom is 0.252 e. The van der Waals surface area contributed by atoms with Gasteiger partial charge < -0.3 is 5.32 Å². The number of fused-ring (bicyclic) bond motifs is 2. The number of nitrogens with one attached hydrogen (secondary N) is 1. The van der Waals surface area contributed by atoms with Crippen LogP contribution in [0.3, 0.4) is 0 Å². The first kappa shape index (κ1) is 16.6. The van der Waals surface area contributed by atoms with Crippen molar-refractivity contribution in [3.63, 3.8) is 0 Å². The first-order valence-corrected chi connectivity index (χ1v) is 8.88. The summed E-state index contributed by atoms with van der Waals surface area (Å²) in [5, 5.41) is 8.42. The van der Waals surface area contributed by atoms with Crippen molar-refractivity contribution in [2.24, 2.45) is 7.05 Å². The average molecular weight is 350 g/mol. The van der Waals surface area contributed by atoms with Crippen LogP contribution in [0, 0.1) is 20.8 Å². The molecule has 0 saturated carbocycles. The van der Waals surface area contributed by atoms with Gasteiger partial charge in [0.15, 0.2) is 5.65 Å². The second-order valence-electron chi connectivity index (χ2n) is 6.96. The van der Waals surface area contributed by atoms with Gasteiger partial charge in [0.25, 0.3) is 5.91 Å². The number of carbonyl (C=O) groups is 1. The molecular weight excluding hydrogens is 328 g/mol. The van der Waals surface area contributed by atoms with Gasteiger partial charge >= 0.3 is 0 Å². The monoisotopic (exact) mass is 350 g/mol. The number of rotatable bonds is 2. The minimum atomic E-state index is -0.102. The fraction of sp³-hybridized carbons (Fsp3) is 0.421. The Morgan fingerprint density at radius 1 is 1.27 bits per heavy atom. The van der Waals surface area contributed by atoms with Crippen molar-refractivity contribution in [1.82, 2.24) is 30.0 Å². The average Bonchev–Trinajstić information content (AvgIpc) is 2.88. The predicted octanol–water partition coefficient (Wildman–Crippen LogP) is 2.49. The fourth-order valence-electron chi connectivity index (χ4n) is 3.78. The topological polar surface area (TPSA) is 85.6 Å². The van der Waals surface area contributed by atoms with E-state index in [0.717, 1.165) is 58.8 Å². The van der Waals surface area contributed by atoms with Crippen LogP contribution in [0.1, 0.15) is 57.7 Å². The highest BCUT2D eigenvalue weighted by molar-refractivity contribution is 6.06. The molecule has 0 saturated heterocycles. The lowest BCUT2D eigenvalue weighted by Gasteiger charge is -2.25. The summed E-state index contributed by atoms with van der Waals surface area (Å²) in [6, 6.07) is 1.77. The van der Waals surface area contributed by atoms with Crippen molar-refractivity contribution in [1.29, 1.82) is 0 Å². The minimum Gasteiger partial charge on any atom is -0.345 e. The summed E-state index contributed by atoms with van der Waals surface area (Å²) < 4.78 is 1.72. The van der Waals surface area contributed by atoms with Crippen molar-refractivity contribution in [3.05, 3.63) is 46.3 Å². The zero-order valence-electron chi connectivity index (χ0n) is 15.5. The number of carbonyl (C=O) groups excluding carboxylic acids is 1. The molecule has 1 N–H and O–H groups in total. The van der Waals surface area contributed by atoms with Gasteiger partial charge in [0, 0.05) is 30.2 Å². The number of pyridine rings is 1. The Labute approximate surface area is 151 Å². The molecular formula is C19H22N6O. The van der Waals surface area contributed by atoms with Crippen LogP contribution < -0.4 is 5.32 Å². The van der Waals surface area contributed by atoms with Crippen LogP contribution in [0.5, 0.6) is 0 Å². The quantitative estimate of drug-likeness (QED) is 0.767. The Balaban J connectivity index is 1.72. The van der Waals surface area contributed by atoms with Gasteiger partial charge in [-0.25, -0.2) is 15.0 Å². The van der Waals surface area contributed by atoms with Crippen LogP contribution in [0.15, 0.2) is 12.3 Å². The number of aryl methyl sites for hydroxylation is 5. The third kappa shape index (κ3) is 2.73. The zero-order valence-corrected chi connectivity index (χ0v) is 15.5. The second kappa shape index (κ2) is 6.16. The molecule has 0 bridgehead atoms. The van der Waals surface area contributed by atoms with Gasteiger partial charge in [0.2, 0.25) is 0 Å². The first-order chi connectivity index (χ1) is 12.4. The molecule has 3 heterocycles. The maximum absolute atomic E-state index is 13.1. The number of hydrogen-bond acceptors (Lipinski definition) is 5. The van der Waals surface area contributed by atoms with Crippen LogP contribution in [-0.4, -0.2) is 30.6 Å². The Kier molecular flexibility index (Phi) is 3.94. The molecule has 7 heteroatoms. The van der Waals surface area contributed by atoms with Gasteiger partial charge in [-0.3, -0.25) is 9.48 Å². The summed E-state index contributed by atoms with van der Waals surface area (Å²) in [5.41, 5.74) is 5.04. The summed E-state index contributed by atoms with van der Waals surface area (Å²) in [6.45, 7) is 5.69.